The predicted octanol–water partition coefficient (Wildman–Crippen LogP) is 2.70. The third kappa shape index (κ3) is 3.09. The highest BCUT2D eigenvalue weighted by molar-refractivity contribution is 6.39. The number of rotatable bonds is 3. The van der Waals surface area contributed by atoms with Crippen molar-refractivity contribution in [3.63, 3.8) is 0 Å². The van der Waals surface area contributed by atoms with Crippen molar-refractivity contribution in [2.75, 3.05) is 5.32 Å². The molecule has 0 aliphatic rings. The summed E-state index contributed by atoms with van der Waals surface area (Å²) in [7, 11) is 0. The van der Waals surface area contributed by atoms with E-state index in [-0.39, 0.29) is 33.2 Å². The van der Waals surface area contributed by atoms with Crippen molar-refractivity contribution in [2.24, 2.45) is 0 Å². The summed E-state index contributed by atoms with van der Waals surface area (Å²) in [4.78, 5) is 33.2. The lowest BCUT2D eigenvalue weighted by Gasteiger charge is -2.09. The molecule has 4 rings (SSSR count). The van der Waals surface area contributed by atoms with Crippen LogP contribution >= 0.6 is 23.2 Å². The fourth-order valence-corrected chi connectivity index (χ4v) is 3.23. The third-order valence-corrected chi connectivity index (χ3v) is 4.51. The number of benzene rings is 1. The molecule has 0 aliphatic carbocycles. The van der Waals surface area contributed by atoms with Crippen molar-refractivity contribution < 1.29 is 9.90 Å². The van der Waals surface area contributed by atoms with Crippen LogP contribution in [-0.2, 0) is 11.3 Å². The van der Waals surface area contributed by atoms with Crippen LogP contribution in [0, 0.1) is 0 Å². The number of halogens is 2. The molecule has 136 valence electrons. The number of fused-ring (bicyclic) bond motifs is 2. The molecule has 0 saturated heterocycles. The van der Waals surface area contributed by atoms with Gasteiger partial charge in [0.25, 0.3) is 5.56 Å². The maximum Gasteiger partial charge on any atom is 0.263 e. The normalized spacial score (nSPS) is 11.2. The molecule has 8 nitrogen and oxygen atoms in total. The Morgan fingerprint density at radius 3 is 2.85 bits per heavy atom. The average Bonchev–Trinajstić information content (AvgIpc) is 3.03. The van der Waals surface area contributed by atoms with Crippen molar-refractivity contribution in [1.82, 2.24) is 18.9 Å². The van der Waals surface area contributed by atoms with Gasteiger partial charge in [0.05, 0.1) is 28.0 Å². The average molecular weight is 404 g/mol. The van der Waals surface area contributed by atoms with Crippen molar-refractivity contribution in [3.8, 4) is 5.75 Å². The van der Waals surface area contributed by atoms with E-state index >= 15 is 0 Å². The van der Waals surface area contributed by atoms with E-state index in [9.17, 15) is 14.7 Å². The van der Waals surface area contributed by atoms with Crippen molar-refractivity contribution in [2.45, 2.75) is 6.54 Å². The van der Waals surface area contributed by atoms with Gasteiger partial charge in [0.2, 0.25) is 5.91 Å². The number of carbonyl (C=O) groups is 1. The highest BCUT2D eigenvalue weighted by atomic mass is 35.5. The molecular weight excluding hydrogens is 393 g/mol. The van der Waals surface area contributed by atoms with E-state index in [4.69, 9.17) is 23.2 Å². The molecule has 0 radical (unpaired) electrons. The number of nitrogens with one attached hydrogen (secondary N) is 1. The van der Waals surface area contributed by atoms with E-state index < -0.39 is 11.5 Å². The van der Waals surface area contributed by atoms with Gasteiger partial charge in [-0.2, -0.15) is 0 Å². The number of hydrogen-bond donors (Lipinski definition) is 2. The topological polar surface area (TPSA) is 102 Å². The van der Waals surface area contributed by atoms with E-state index in [2.05, 4.69) is 15.3 Å². The number of anilines is 1. The standard InChI is InChI=1S/C17H11Cl2N5O3/c18-9-5-10(19)16(26)15-14(9)17(27)24(8-20-15)7-13(25)22-11-6-23-4-2-1-3-12(23)21-11/h1-6,8,26H,7H2,(H,22,25). The molecule has 0 saturated carbocycles. The van der Waals surface area contributed by atoms with Gasteiger partial charge in [-0.15, -0.1) is 0 Å². The van der Waals surface area contributed by atoms with Crippen LogP contribution in [0.15, 0.2) is 47.8 Å². The van der Waals surface area contributed by atoms with Crippen LogP contribution in [0.25, 0.3) is 16.6 Å². The number of aromatic nitrogens is 4. The Hall–Kier alpha value is -3.10. The van der Waals surface area contributed by atoms with Crippen LogP contribution < -0.4 is 10.9 Å². The molecule has 0 fully saturated rings. The highest BCUT2D eigenvalue weighted by Gasteiger charge is 2.16. The van der Waals surface area contributed by atoms with E-state index in [0.29, 0.717) is 11.5 Å². The Balaban J connectivity index is 1.64. The van der Waals surface area contributed by atoms with Crippen molar-refractivity contribution in [1.29, 1.82) is 0 Å². The van der Waals surface area contributed by atoms with Gasteiger partial charge in [0.15, 0.2) is 11.6 Å². The lowest BCUT2D eigenvalue weighted by Crippen LogP contribution is -2.28. The number of pyridine rings is 1. The zero-order valence-electron chi connectivity index (χ0n) is 13.6. The third-order valence-electron chi connectivity index (χ3n) is 3.93. The predicted molar refractivity (Wildman–Crippen MR) is 102 cm³/mol. The molecule has 1 amide bonds. The van der Waals surface area contributed by atoms with E-state index in [1.54, 1.807) is 22.9 Å². The Morgan fingerprint density at radius 1 is 1.26 bits per heavy atom. The number of imidazole rings is 1. The second kappa shape index (κ2) is 6.57. The smallest absolute Gasteiger partial charge is 0.263 e. The molecule has 4 aromatic rings. The first-order valence-electron chi connectivity index (χ1n) is 7.74. The summed E-state index contributed by atoms with van der Waals surface area (Å²) >= 11 is 11.9. The zero-order valence-corrected chi connectivity index (χ0v) is 15.1. The molecular formula is C17H11Cl2N5O3. The fraction of sp³-hybridized carbons (Fsp3) is 0.0588. The SMILES string of the molecule is O=C(Cn1cnc2c(O)c(Cl)cc(Cl)c2c1=O)Nc1cn2ccccc2n1. The number of hydrogen-bond acceptors (Lipinski definition) is 5. The number of aromatic hydroxyl groups is 1. The molecule has 27 heavy (non-hydrogen) atoms. The van der Waals surface area contributed by atoms with E-state index in [1.807, 2.05) is 12.1 Å². The van der Waals surface area contributed by atoms with Crippen LogP contribution in [0.2, 0.25) is 10.0 Å². The van der Waals surface area contributed by atoms with E-state index in [0.717, 1.165) is 10.9 Å². The van der Waals surface area contributed by atoms with Crippen LogP contribution in [0.3, 0.4) is 0 Å². The summed E-state index contributed by atoms with van der Waals surface area (Å²) in [6.45, 7) is -0.296. The Kier molecular flexibility index (Phi) is 4.21. The summed E-state index contributed by atoms with van der Waals surface area (Å²) in [5.74, 6) is -0.444. The summed E-state index contributed by atoms with van der Waals surface area (Å²) in [6, 6.07) is 6.73. The van der Waals surface area contributed by atoms with Gasteiger partial charge in [-0.05, 0) is 18.2 Å². The van der Waals surface area contributed by atoms with E-state index in [1.165, 1.54) is 6.07 Å². The molecule has 10 heteroatoms. The Bertz CT molecular complexity index is 1230. The number of phenols is 1. The van der Waals surface area contributed by atoms with Crippen LogP contribution in [0.5, 0.6) is 5.75 Å². The van der Waals surface area contributed by atoms with Gasteiger partial charge < -0.3 is 14.8 Å². The summed E-state index contributed by atoms with van der Waals surface area (Å²) in [5.41, 5.74) is 0.0908. The number of phenolic OH excluding ortho intramolecular Hbond substituents is 1. The first-order valence-corrected chi connectivity index (χ1v) is 8.49. The Labute approximate surface area is 161 Å². The van der Waals surface area contributed by atoms with Gasteiger partial charge in [-0.3, -0.25) is 14.2 Å². The van der Waals surface area contributed by atoms with Gasteiger partial charge in [0.1, 0.15) is 17.7 Å². The zero-order chi connectivity index (χ0) is 19.1. The summed E-state index contributed by atoms with van der Waals surface area (Å²) in [5, 5.41) is 12.6. The highest BCUT2D eigenvalue weighted by Crippen LogP contribution is 2.34. The minimum absolute atomic E-state index is 0.0123. The minimum atomic E-state index is -0.567. The molecule has 1 aromatic carbocycles. The molecule has 0 aliphatic heterocycles. The molecule has 0 unspecified atom stereocenters. The van der Waals surface area contributed by atoms with Gasteiger partial charge in [0, 0.05) is 6.20 Å². The van der Waals surface area contributed by atoms with Crippen LogP contribution in [-0.4, -0.2) is 29.9 Å². The molecule has 2 N–H and O–H groups in total. The second-order valence-corrected chi connectivity index (χ2v) is 6.54. The Morgan fingerprint density at radius 2 is 2.07 bits per heavy atom. The second-order valence-electron chi connectivity index (χ2n) is 5.73. The lowest BCUT2D eigenvalue weighted by molar-refractivity contribution is -0.116. The van der Waals surface area contributed by atoms with Crippen LogP contribution in [0.4, 0.5) is 5.82 Å². The number of nitrogens with zero attached hydrogens (tertiary/aromatic N) is 4. The summed E-state index contributed by atoms with van der Waals surface area (Å²) < 4.78 is 2.85. The number of carbonyl (C=O) groups excluding carboxylic acids is 1. The van der Waals surface area contributed by atoms with Crippen LogP contribution in [0.1, 0.15) is 0 Å². The maximum absolute atomic E-state index is 12.6. The molecule has 3 aromatic heterocycles. The fourth-order valence-electron chi connectivity index (χ4n) is 2.69. The molecule has 0 spiro atoms. The van der Waals surface area contributed by atoms with Gasteiger partial charge >= 0.3 is 0 Å². The first kappa shape index (κ1) is 17.3. The monoisotopic (exact) mass is 403 g/mol. The summed E-state index contributed by atoms with van der Waals surface area (Å²) in [6.07, 6.45) is 4.61. The number of amides is 1. The van der Waals surface area contributed by atoms with Crippen molar-refractivity contribution in [3.05, 3.63) is 63.4 Å². The molecule has 0 bridgehead atoms. The molecule has 3 heterocycles. The van der Waals surface area contributed by atoms with Gasteiger partial charge in [-0.25, -0.2) is 9.97 Å². The largest absolute Gasteiger partial charge is 0.504 e. The van der Waals surface area contributed by atoms with Gasteiger partial charge in [-0.1, -0.05) is 29.3 Å². The maximum atomic E-state index is 12.6. The first-order chi connectivity index (χ1) is 12.9. The quantitative estimate of drug-likeness (QED) is 0.547. The minimum Gasteiger partial charge on any atom is -0.504 e. The van der Waals surface area contributed by atoms with Crippen molar-refractivity contribution >= 4 is 51.5 Å². The lowest BCUT2D eigenvalue weighted by atomic mass is 10.2. The molecule has 0 atom stereocenters.